The van der Waals surface area contributed by atoms with Crippen molar-refractivity contribution in [2.75, 3.05) is 13.1 Å². The summed E-state index contributed by atoms with van der Waals surface area (Å²) in [6.07, 6.45) is 8.31. The van der Waals surface area contributed by atoms with Gasteiger partial charge in [0.15, 0.2) is 0 Å². The van der Waals surface area contributed by atoms with E-state index in [0.29, 0.717) is 6.42 Å². The number of allylic oxidation sites excluding steroid dienone is 2. The Hall–Kier alpha value is -4.42. The molecule has 1 saturated heterocycles. The van der Waals surface area contributed by atoms with E-state index in [-0.39, 0.29) is 17.9 Å². The molecule has 0 aliphatic carbocycles. The molecule has 0 spiro atoms. The van der Waals surface area contributed by atoms with Gasteiger partial charge in [0.05, 0.1) is 6.04 Å². The molecule has 0 amide bonds. The smallest absolute Gasteiger partial charge is 0.128 e. The molecular weight excluding hydrogens is 521 g/mol. The van der Waals surface area contributed by atoms with Crippen LogP contribution < -0.4 is 11.1 Å². The predicted octanol–water partition coefficient (Wildman–Crippen LogP) is 7.34. The topological polar surface area (TPSA) is 69.4 Å². The maximum atomic E-state index is 14.5. The highest BCUT2D eigenvalue weighted by Gasteiger charge is 2.21. The van der Waals surface area contributed by atoms with Gasteiger partial charge in [-0.2, -0.15) is 0 Å². The van der Waals surface area contributed by atoms with E-state index in [4.69, 9.17) is 10.7 Å². The molecule has 216 valence electrons. The van der Waals surface area contributed by atoms with Crippen molar-refractivity contribution < 1.29 is 4.39 Å². The fourth-order valence-corrected chi connectivity index (χ4v) is 5.62. The molecule has 1 aliphatic rings. The van der Waals surface area contributed by atoms with Crippen LogP contribution in [-0.4, -0.2) is 35.2 Å². The summed E-state index contributed by atoms with van der Waals surface area (Å²) in [6.45, 7) is 14.2. The highest BCUT2D eigenvalue weighted by molar-refractivity contribution is 5.80. The van der Waals surface area contributed by atoms with Crippen LogP contribution in [0.2, 0.25) is 0 Å². The number of likely N-dealkylation sites (tertiary alicyclic amines) is 1. The standard InChI is InChI=1S/C36H40FN5/c1-5-8-35(42-17-14-31(38)15-18-42)39-16-13-27-19-24(2)20-29(21-27)26(4)40-36(32-23-30(37)12-11-25(32)3)34-22-28-9-6-7-10-33(28)41-34/h5-12,16,19-23,31,36,40-41H,1,4,13-15,17-18,38H2,2-3H3/b35-8+,39-16-. The van der Waals surface area contributed by atoms with Crippen molar-refractivity contribution in [3.8, 4) is 0 Å². The molecule has 0 radical (unpaired) electrons. The monoisotopic (exact) mass is 561 g/mol. The molecule has 5 nitrogen and oxygen atoms in total. The number of nitrogens with one attached hydrogen (secondary N) is 2. The molecule has 4 aromatic rings. The van der Waals surface area contributed by atoms with Crippen molar-refractivity contribution in [3.63, 3.8) is 0 Å². The number of halogens is 1. The van der Waals surface area contributed by atoms with Crippen LogP contribution in [0.5, 0.6) is 0 Å². The van der Waals surface area contributed by atoms with E-state index < -0.39 is 0 Å². The number of hydrogen-bond donors (Lipinski definition) is 3. The largest absolute Gasteiger partial charge is 0.373 e. The SMILES string of the molecule is C=C/C=C(\N=C/Cc1cc(C)cc(C(=C)NC(c2cc3ccccc3[nH]2)c2cc(F)ccc2C)c1)N1CCC(N)CC1. The lowest BCUT2D eigenvalue weighted by molar-refractivity contribution is 0.262. The Morgan fingerprint density at radius 3 is 2.67 bits per heavy atom. The van der Waals surface area contributed by atoms with Gasteiger partial charge in [-0.1, -0.05) is 55.1 Å². The summed E-state index contributed by atoms with van der Waals surface area (Å²) in [5.74, 6) is 0.654. The normalized spacial score (nSPS) is 15.3. The summed E-state index contributed by atoms with van der Waals surface area (Å²) >= 11 is 0. The minimum atomic E-state index is -0.310. The summed E-state index contributed by atoms with van der Waals surface area (Å²) in [4.78, 5) is 10.6. The van der Waals surface area contributed by atoms with E-state index in [9.17, 15) is 4.39 Å². The van der Waals surface area contributed by atoms with Crippen LogP contribution in [-0.2, 0) is 6.42 Å². The fourth-order valence-electron chi connectivity index (χ4n) is 5.62. The maximum Gasteiger partial charge on any atom is 0.128 e. The number of H-pyrrole nitrogens is 1. The Morgan fingerprint density at radius 1 is 1.12 bits per heavy atom. The Morgan fingerprint density at radius 2 is 1.90 bits per heavy atom. The van der Waals surface area contributed by atoms with Crippen LogP contribution in [0, 0.1) is 19.7 Å². The average molecular weight is 562 g/mol. The van der Waals surface area contributed by atoms with Crippen molar-refractivity contribution in [3.05, 3.63) is 137 Å². The summed E-state index contributed by atoms with van der Waals surface area (Å²) in [5, 5.41) is 4.73. The minimum absolute atomic E-state index is 0.265. The molecule has 1 fully saturated rings. The van der Waals surface area contributed by atoms with Gasteiger partial charge in [0, 0.05) is 48.7 Å². The minimum Gasteiger partial charge on any atom is -0.373 e. The molecule has 1 aliphatic heterocycles. The third-order valence-electron chi connectivity index (χ3n) is 7.90. The molecule has 1 aromatic heterocycles. The Kier molecular flexibility index (Phi) is 9.03. The summed E-state index contributed by atoms with van der Waals surface area (Å²) < 4.78 is 14.5. The van der Waals surface area contributed by atoms with Crippen LogP contribution >= 0.6 is 0 Å². The second-order valence-corrected chi connectivity index (χ2v) is 11.2. The number of aromatic nitrogens is 1. The first-order chi connectivity index (χ1) is 20.3. The lowest BCUT2D eigenvalue weighted by Gasteiger charge is -2.31. The van der Waals surface area contributed by atoms with Crippen molar-refractivity contribution in [1.29, 1.82) is 0 Å². The number of hydrogen-bond acceptors (Lipinski definition) is 4. The first kappa shape index (κ1) is 29.1. The molecule has 4 N–H and O–H groups in total. The fraction of sp³-hybridized carbons (Fsp3) is 0.250. The van der Waals surface area contributed by atoms with E-state index in [1.165, 1.54) is 6.07 Å². The first-order valence-electron chi connectivity index (χ1n) is 14.6. The van der Waals surface area contributed by atoms with Gasteiger partial charge in [-0.05, 0) is 96.8 Å². The van der Waals surface area contributed by atoms with Gasteiger partial charge in [-0.25, -0.2) is 9.38 Å². The Bertz CT molecular complexity index is 1600. The molecule has 2 heterocycles. The Labute approximate surface area is 248 Å². The summed E-state index contributed by atoms with van der Waals surface area (Å²) in [7, 11) is 0. The highest BCUT2D eigenvalue weighted by atomic mass is 19.1. The van der Waals surface area contributed by atoms with Gasteiger partial charge in [-0.3, -0.25) is 0 Å². The first-order valence-corrected chi connectivity index (χ1v) is 14.6. The highest BCUT2D eigenvalue weighted by Crippen LogP contribution is 2.30. The molecule has 0 saturated carbocycles. The van der Waals surface area contributed by atoms with Gasteiger partial charge < -0.3 is 20.9 Å². The number of aryl methyl sites for hydroxylation is 2. The van der Waals surface area contributed by atoms with Gasteiger partial charge >= 0.3 is 0 Å². The second kappa shape index (κ2) is 13.0. The third-order valence-corrected chi connectivity index (χ3v) is 7.90. The van der Waals surface area contributed by atoms with E-state index >= 15 is 0 Å². The zero-order valence-corrected chi connectivity index (χ0v) is 24.5. The molecule has 0 bridgehead atoms. The average Bonchev–Trinajstić information content (AvgIpc) is 3.41. The molecule has 3 aromatic carbocycles. The van der Waals surface area contributed by atoms with Crippen molar-refractivity contribution in [1.82, 2.24) is 15.2 Å². The van der Waals surface area contributed by atoms with Crippen molar-refractivity contribution in [2.45, 2.75) is 45.2 Å². The van der Waals surface area contributed by atoms with Crippen molar-refractivity contribution >= 4 is 22.8 Å². The molecule has 42 heavy (non-hydrogen) atoms. The lowest BCUT2D eigenvalue weighted by Crippen LogP contribution is -2.38. The van der Waals surface area contributed by atoms with Crippen LogP contribution in [0.25, 0.3) is 16.6 Å². The molecule has 6 heteroatoms. The number of nitrogens with zero attached hydrogens (tertiary/aromatic N) is 2. The number of nitrogens with two attached hydrogens (primary N) is 1. The van der Waals surface area contributed by atoms with Gasteiger partial charge in [0.1, 0.15) is 11.6 Å². The van der Waals surface area contributed by atoms with E-state index in [0.717, 1.165) is 81.9 Å². The van der Waals surface area contributed by atoms with Crippen molar-refractivity contribution in [2.24, 2.45) is 10.7 Å². The zero-order valence-electron chi connectivity index (χ0n) is 24.5. The molecular formula is C36H40FN5. The predicted molar refractivity (Wildman–Crippen MR) is 174 cm³/mol. The molecule has 1 atom stereocenters. The lowest BCUT2D eigenvalue weighted by atomic mass is 9.97. The number of para-hydroxylation sites is 1. The van der Waals surface area contributed by atoms with E-state index in [1.54, 1.807) is 12.1 Å². The van der Waals surface area contributed by atoms with E-state index in [2.05, 4.69) is 65.6 Å². The van der Waals surface area contributed by atoms with Crippen LogP contribution in [0.1, 0.15) is 52.4 Å². The second-order valence-electron chi connectivity index (χ2n) is 11.2. The van der Waals surface area contributed by atoms with Crippen LogP contribution in [0.3, 0.4) is 0 Å². The van der Waals surface area contributed by atoms with Gasteiger partial charge in [0.2, 0.25) is 0 Å². The van der Waals surface area contributed by atoms with E-state index in [1.807, 2.05) is 43.5 Å². The number of aliphatic imine (C=N–C) groups is 1. The number of fused-ring (bicyclic) bond motifs is 1. The third kappa shape index (κ3) is 6.89. The Balaban J connectivity index is 1.38. The van der Waals surface area contributed by atoms with Crippen LogP contribution in [0.15, 0.2) is 103 Å². The number of piperidine rings is 1. The number of aromatic amines is 1. The maximum absolute atomic E-state index is 14.5. The number of rotatable bonds is 10. The van der Waals surface area contributed by atoms with Crippen LogP contribution in [0.4, 0.5) is 4.39 Å². The summed E-state index contributed by atoms with van der Waals surface area (Å²) in [5.41, 5.74) is 14.0. The molecule has 1 unspecified atom stereocenters. The zero-order chi connectivity index (χ0) is 29.6. The molecule has 5 rings (SSSR count). The quantitative estimate of drug-likeness (QED) is 0.140. The number of benzene rings is 3. The van der Waals surface area contributed by atoms with Gasteiger partial charge in [-0.15, -0.1) is 0 Å². The summed E-state index contributed by atoms with van der Waals surface area (Å²) in [6, 6.07) is 21.6. The van der Waals surface area contributed by atoms with Gasteiger partial charge in [0.25, 0.3) is 0 Å².